The minimum Gasteiger partial charge on any atom is -0.503 e. The van der Waals surface area contributed by atoms with Crippen molar-refractivity contribution in [2.24, 2.45) is 5.92 Å². The molecule has 4 radical (unpaired) electrons. The van der Waals surface area contributed by atoms with E-state index < -0.39 is 17.0 Å². The van der Waals surface area contributed by atoms with E-state index in [4.69, 9.17) is 20.4 Å². The summed E-state index contributed by atoms with van der Waals surface area (Å²) < 4.78 is 32.3. The fraction of sp³-hybridized carbons (Fsp3) is 0.500. The van der Waals surface area contributed by atoms with Crippen LogP contribution in [0.5, 0.6) is 5.75 Å². The Morgan fingerprint density at radius 3 is 2.61 bits per heavy atom. The van der Waals surface area contributed by atoms with Crippen molar-refractivity contribution in [2.45, 2.75) is 24.8 Å². The summed E-state index contributed by atoms with van der Waals surface area (Å²) in [5.74, 6) is -1.51. The van der Waals surface area contributed by atoms with Crippen molar-refractivity contribution in [3.8, 4) is 5.75 Å². The summed E-state index contributed by atoms with van der Waals surface area (Å²) in [5.41, 5.74) is 0.357. The third-order valence-corrected chi connectivity index (χ3v) is 2.95. The molecule has 1 aromatic carbocycles. The van der Waals surface area contributed by atoms with Crippen molar-refractivity contribution in [3.05, 3.63) is 29.3 Å². The maximum Gasteiger partial charge on any atom is 0.168 e. The van der Waals surface area contributed by atoms with E-state index >= 15 is 0 Å². The lowest BCUT2D eigenvalue weighted by molar-refractivity contribution is 0.203. The van der Waals surface area contributed by atoms with Gasteiger partial charge in [-0.1, -0.05) is 0 Å². The normalized spacial score (nSPS) is 15.7. The number of benzene rings is 1. The zero-order valence-electron chi connectivity index (χ0n) is 10.2. The minimum absolute atomic E-state index is 0.0180. The zero-order chi connectivity index (χ0) is 13.3. The van der Waals surface area contributed by atoms with Crippen molar-refractivity contribution >= 4 is 15.7 Å². The highest BCUT2D eigenvalue weighted by Gasteiger charge is 2.39. The Kier molecular flexibility index (Phi) is 3.66. The minimum atomic E-state index is -1.40. The third-order valence-electron chi connectivity index (χ3n) is 2.95. The molecular weight excluding hydrogens is 234 g/mol. The maximum absolute atomic E-state index is 13.7. The third kappa shape index (κ3) is 2.86. The molecule has 0 unspecified atom stereocenters. The molecule has 2 nitrogen and oxygen atoms in total. The molecule has 18 heavy (non-hydrogen) atoms. The molecule has 0 aromatic heterocycles. The lowest BCUT2D eigenvalue weighted by atomic mass is 9.62. The van der Waals surface area contributed by atoms with Crippen LogP contribution in [0.2, 0.25) is 0 Å². The van der Waals surface area contributed by atoms with E-state index in [1.807, 2.05) is 0 Å². The van der Waals surface area contributed by atoms with Gasteiger partial charge in [0, 0.05) is 23.6 Å². The van der Waals surface area contributed by atoms with Crippen molar-refractivity contribution in [2.75, 3.05) is 7.05 Å². The average Bonchev–Trinajstić information content (AvgIpc) is 3.07. The molecule has 92 valence electrons. The Hall–Kier alpha value is -1.03. The summed E-state index contributed by atoms with van der Waals surface area (Å²) >= 11 is 0. The van der Waals surface area contributed by atoms with Crippen LogP contribution in [0.15, 0.2) is 12.1 Å². The van der Waals surface area contributed by atoms with Gasteiger partial charge in [0.25, 0.3) is 0 Å². The second-order valence-corrected chi connectivity index (χ2v) is 4.64. The van der Waals surface area contributed by atoms with Crippen LogP contribution in [0.1, 0.15) is 18.4 Å². The topological polar surface area (TPSA) is 21.3 Å². The fourth-order valence-corrected chi connectivity index (χ4v) is 1.84. The number of hydrogen-bond acceptors (Lipinski definition) is 2. The molecule has 0 spiro atoms. The van der Waals surface area contributed by atoms with E-state index in [1.54, 1.807) is 7.05 Å². The van der Waals surface area contributed by atoms with E-state index in [-0.39, 0.29) is 18.2 Å². The van der Waals surface area contributed by atoms with E-state index in [1.165, 1.54) is 6.07 Å². The Morgan fingerprint density at radius 2 is 2.06 bits per heavy atom. The lowest BCUT2D eigenvalue weighted by Gasteiger charge is -2.29. The van der Waals surface area contributed by atoms with Gasteiger partial charge in [-0.25, -0.2) is 8.78 Å². The van der Waals surface area contributed by atoms with Crippen LogP contribution >= 0.6 is 0 Å². The van der Waals surface area contributed by atoms with Crippen molar-refractivity contribution in [1.29, 1.82) is 0 Å². The fourth-order valence-electron chi connectivity index (χ4n) is 1.84. The van der Waals surface area contributed by atoms with Gasteiger partial charge in [-0.05, 0) is 31.9 Å². The number of hydrogen-bond donors (Lipinski definition) is 1. The molecule has 1 saturated carbocycles. The zero-order valence-corrected chi connectivity index (χ0v) is 10.2. The molecular formula is C12H13B2F2NO. The van der Waals surface area contributed by atoms with Crippen LogP contribution in [-0.4, -0.2) is 28.1 Å². The molecule has 0 bridgehead atoms. The summed E-state index contributed by atoms with van der Waals surface area (Å²) in [7, 11) is 13.3. The van der Waals surface area contributed by atoms with Gasteiger partial charge in [0.05, 0.1) is 0 Å². The van der Waals surface area contributed by atoms with Crippen LogP contribution < -0.4 is 10.1 Å². The second-order valence-electron chi connectivity index (χ2n) is 4.64. The summed E-state index contributed by atoms with van der Waals surface area (Å²) in [4.78, 5) is 0. The van der Waals surface area contributed by atoms with Crippen molar-refractivity contribution in [3.63, 3.8) is 0 Å². The van der Waals surface area contributed by atoms with E-state index in [0.29, 0.717) is 5.56 Å². The van der Waals surface area contributed by atoms with Gasteiger partial charge >= 0.3 is 0 Å². The highest BCUT2D eigenvalue weighted by atomic mass is 19.1. The number of rotatable bonds is 5. The molecule has 1 aliphatic rings. The first-order valence-electron chi connectivity index (χ1n) is 5.83. The molecule has 2 rings (SSSR count). The first-order chi connectivity index (χ1) is 8.44. The molecule has 0 atom stereocenters. The molecule has 0 amide bonds. The highest BCUT2D eigenvalue weighted by Crippen LogP contribution is 2.40. The van der Waals surface area contributed by atoms with Gasteiger partial charge < -0.3 is 10.1 Å². The largest absolute Gasteiger partial charge is 0.503 e. The Morgan fingerprint density at radius 1 is 1.39 bits per heavy atom. The van der Waals surface area contributed by atoms with Crippen molar-refractivity contribution < 1.29 is 13.5 Å². The van der Waals surface area contributed by atoms with Gasteiger partial charge in [-0.3, -0.25) is 0 Å². The molecule has 0 heterocycles. The Bertz CT molecular complexity index is 450. The molecule has 6 heteroatoms. The molecule has 1 aliphatic carbocycles. The summed E-state index contributed by atoms with van der Waals surface area (Å²) in [6.07, 6.45) is 1.72. The average molecular weight is 247 g/mol. The Balaban J connectivity index is 2.30. The Labute approximate surface area is 108 Å². The summed E-state index contributed by atoms with van der Waals surface area (Å²) in [5, 5.41) is 1.41. The number of halogens is 2. The first-order valence-corrected chi connectivity index (χ1v) is 5.83. The quantitative estimate of drug-likeness (QED) is 0.795. The predicted octanol–water partition coefficient (Wildman–Crippen LogP) is 1.46. The molecule has 0 saturated heterocycles. The first kappa shape index (κ1) is 13.4. The maximum atomic E-state index is 13.7. The predicted molar refractivity (Wildman–Crippen MR) is 66.7 cm³/mol. The number of nitrogens with one attached hydrogen (secondary N) is 1. The van der Waals surface area contributed by atoms with E-state index in [9.17, 15) is 8.78 Å². The van der Waals surface area contributed by atoms with E-state index in [0.717, 1.165) is 18.9 Å². The van der Waals surface area contributed by atoms with Crippen LogP contribution in [-0.2, 0) is 6.54 Å². The molecule has 1 aromatic rings. The van der Waals surface area contributed by atoms with Gasteiger partial charge in [0.1, 0.15) is 21.5 Å². The van der Waals surface area contributed by atoms with Gasteiger partial charge in [-0.15, -0.1) is 0 Å². The molecule has 0 aliphatic heterocycles. The van der Waals surface area contributed by atoms with Gasteiger partial charge in [-0.2, -0.15) is 0 Å². The molecule has 1 fully saturated rings. The number of ether oxygens (including phenoxy) is 1. The SMILES string of the molecule is [B]C([B])(Oc1c(F)cc(F)cc1CNC)C1CC1. The second kappa shape index (κ2) is 4.92. The van der Waals surface area contributed by atoms with Gasteiger partial charge in [0.15, 0.2) is 11.6 Å². The van der Waals surface area contributed by atoms with E-state index in [2.05, 4.69) is 5.32 Å². The standard InChI is InChI=1S/C12H13B2F2NO/c1-17-6-7-4-9(15)5-10(16)11(7)18-12(13,14)8-2-3-8/h4-5,8,17H,2-3,6H2,1H3. The van der Waals surface area contributed by atoms with Crippen LogP contribution in [0.25, 0.3) is 0 Å². The monoisotopic (exact) mass is 247 g/mol. The van der Waals surface area contributed by atoms with Crippen molar-refractivity contribution in [1.82, 2.24) is 5.32 Å². The lowest BCUT2D eigenvalue weighted by Crippen LogP contribution is -2.40. The van der Waals surface area contributed by atoms with Crippen LogP contribution in [0.3, 0.4) is 0 Å². The van der Waals surface area contributed by atoms with Crippen LogP contribution in [0.4, 0.5) is 8.78 Å². The smallest absolute Gasteiger partial charge is 0.168 e. The summed E-state index contributed by atoms with van der Waals surface area (Å²) in [6, 6.07) is 1.97. The highest BCUT2D eigenvalue weighted by molar-refractivity contribution is 6.39. The van der Waals surface area contributed by atoms with Crippen LogP contribution in [0, 0.1) is 17.6 Å². The summed E-state index contributed by atoms with van der Waals surface area (Å²) in [6.45, 7) is 0.269. The molecule has 1 N–H and O–H groups in total. The van der Waals surface area contributed by atoms with Gasteiger partial charge in [0.2, 0.25) is 0 Å².